The number of nitriles is 1. The smallest absolute Gasteiger partial charge is 0.253 e. The van der Waals surface area contributed by atoms with Gasteiger partial charge in [0.05, 0.1) is 18.0 Å². The van der Waals surface area contributed by atoms with E-state index in [4.69, 9.17) is 5.26 Å². The van der Waals surface area contributed by atoms with Gasteiger partial charge in [-0.1, -0.05) is 6.07 Å². The molecule has 0 saturated heterocycles. The Balaban J connectivity index is 2.29. The largest absolute Gasteiger partial charge is 0.338 e. The van der Waals surface area contributed by atoms with Crippen LogP contribution in [0.3, 0.4) is 0 Å². The normalized spacial score (nSPS) is 11.8. The first-order chi connectivity index (χ1) is 9.13. The lowest BCUT2D eigenvalue weighted by Gasteiger charge is -2.23. The Labute approximate surface area is 112 Å². The maximum absolute atomic E-state index is 12.3. The molecule has 1 aromatic heterocycles. The van der Waals surface area contributed by atoms with Gasteiger partial charge in [-0.25, -0.2) is 0 Å². The molecule has 2 rings (SSSR count). The Bertz CT molecular complexity index is 645. The van der Waals surface area contributed by atoms with Crippen molar-refractivity contribution in [2.75, 3.05) is 7.05 Å². The number of carbonyl (C=O) groups excluding carboxylic acids is 1. The zero-order chi connectivity index (χ0) is 13.8. The summed E-state index contributed by atoms with van der Waals surface area (Å²) in [5, 5.41) is 9.62. The molecule has 1 amide bonds. The molecule has 0 fully saturated rings. The van der Waals surface area contributed by atoms with Crippen molar-refractivity contribution < 1.29 is 4.79 Å². The number of aromatic nitrogens is 1. The average molecular weight is 253 g/mol. The van der Waals surface area contributed by atoms with Crippen LogP contribution >= 0.6 is 0 Å². The van der Waals surface area contributed by atoms with Crippen molar-refractivity contribution >= 4 is 16.8 Å². The zero-order valence-electron chi connectivity index (χ0n) is 11.0. The van der Waals surface area contributed by atoms with Gasteiger partial charge in [-0.15, -0.1) is 0 Å². The number of rotatable bonds is 3. The number of hydrogen-bond donors (Lipinski definition) is 0. The summed E-state index contributed by atoms with van der Waals surface area (Å²) in [5.74, 6) is -0.0755. The van der Waals surface area contributed by atoms with Gasteiger partial charge in [0.15, 0.2) is 0 Å². The van der Waals surface area contributed by atoms with Crippen LogP contribution in [0.1, 0.15) is 23.7 Å². The molecule has 1 aromatic carbocycles. The maximum Gasteiger partial charge on any atom is 0.253 e. The van der Waals surface area contributed by atoms with E-state index >= 15 is 0 Å². The van der Waals surface area contributed by atoms with Crippen molar-refractivity contribution in [1.29, 1.82) is 5.26 Å². The topological polar surface area (TPSA) is 57.0 Å². The maximum atomic E-state index is 12.3. The number of hydrogen-bond acceptors (Lipinski definition) is 3. The summed E-state index contributed by atoms with van der Waals surface area (Å²) in [7, 11) is 1.72. The van der Waals surface area contributed by atoms with Crippen LogP contribution in [0.5, 0.6) is 0 Å². The monoisotopic (exact) mass is 253 g/mol. The van der Waals surface area contributed by atoms with Crippen LogP contribution in [-0.4, -0.2) is 28.9 Å². The van der Waals surface area contributed by atoms with Crippen LogP contribution in [0, 0.1) is 11.3 Å². The number of benzene rings is 1. The summed E-state index contributed by atoms with van der Waals surface area (Å²) in [6.45, 7) is 1.86. The Morgan fingerprint density at radius 2 is 2.26 bits per heavy atom. The number of carbonyl (C=O) groups is 1. The van der Waals surface area contributed by atoms with Crippen LogP contribution in [0.2, 0.25) is 0 Å². The van der Waals surface area contributed by atoms with E-state index in [1.165, 1.54) is 0 Å². The molecule has 0 radical (unpaired) electrons. The highest BCUT2D eigenvalue weighted by Crippen LogP contribution is 2.15. The molecule has 0 saturated carbocycles. The van der Waals surface area contributed by atoms with E-state index < -0.39 is 0 Å². The Hall–Kier alpha value is -2.41. The van der Waals surface area contributed by atoms with Gasteiger partial charge >= 0.3 is 0 Å². The van der Waals surface area contributed by atoms with Crippen molar-refractivity contribution in [1.82, 2.24) is 9.88 Å². The minimum absolute atomic E-state index is 0.0755. The molecule has 19 heavy (non-hydrogen) atoms. The molecule has 1 heterocycles. The predicted octanol–water partition coefficient (Wildman–Crippen LogP) is 2.61. The summed E-state index contributed by atoms with van der Waals surface area (Å²) in [6.07, 6.45) is 2.06. The minimum atomic E-state index is -0.0953. The van der Waals surface area contributed by atoms with Crippen LogP contribution in [-0.2, 0) is 0 Å². The molecule has 1 atom stereocenters. The second kappa shape index (κ2) is 5.49. The van der Waals surface area contributed by atoms with E-state index in [1.54, 1.807) is 24.2 Å². The Morgan fingerprint density at radius 3 is 3.00 bits per heavy atom. The van der Waals surface area contributed by atoms with Gasteiger partial charge < -0.3 is 4.90 Å². The van der Waals surface area contributed by atoms with E-state index in [2.05, 4.69) is 11.1 Å². The van der Waals surface area contributed by atoms with E-state index in [1.807, 2.05) is 31.2 Å². The molecular weight excluding hydrogens is 238 g/mol. The lowest BCUT2D eigenvalue weighted by atomic mass is 10.1. The highest BCUT2D eigenvalue weighted by Gasteiger charge is 2.17. The van der Waals surface area contributed by atoms with E-state index in [0.717, 1.165) is 10.9 Å². The fourth-order valence-electron chi connectivity index (χ4n) is 1.88. The molecule has 1 unspecified atom stereocenters. The third-order valence-corrected chi connectivity index (χ3v) is 3.22. The molecule has 0 N–H and O–H groups in total. The van der Waals surface area contributed by atoms with Gasteiger partial charge in [0.2, 0.25) is 0 Å². The molecule has 96 valence electrons. The average Bonchev–Trinajstić information content (AvgIpc) is 2.45. The lowest BCUT2D eigenvalue weighted by molar-refractivity contribution is 0.0746. The first-order valence-corrected chi connectivity index (χ1v) is 6.12. The highest BCUT2D eigenvalue weighted by molar-refractivity contribution is 5.97. The summed E-state index contributed by atoms with van der Waals surface area (Å²) in [5.41, 5.74) is 1.49. The third-order valence-electron chi connectivity index (χ3n) is 3.22. The molecule has 0 aliphatic rings. The van der Waals surface area contributed by atoms with Crippen molar-refractivity contribution in [2.24, 2.45) is 0 Å². The summed E-state index contributed by atoms with van der Waals surface area (Å²) < 4.78 is 0. The molecule has 4 heteroatoms. The number of fused-ring (bicyclic) bond motifs is 1. The summed E-state index contributed by atoms with van der Waals surface area (Å²) >= 11 is 0. The summed E-state index contributed by atoms with van der Waals surface area (Å²) in [6, 6.07) is 11.2. The molecule has 0 aliphatic carbocycles. The zero-order valence-corrected chi connectivity index (χ0v) is 11.0. The predicted molar refractivity (Wildman–Crippen MR) is 73.5 cm³/mol. The highest BCUT2D eigenvalue weighted by atomic mass is 16.2. The van der Waals surface area contributed by atoms with Gasteiger partial charge in [-0.2, -0.15) is 5.26 Å². The number of amides is 1. The molecular formula is C15H15N3O. The van der Waals surface area contributed by atoms with Gasteiger partial charge in [0.1, 0.15) is 0 Å². The van der Waals surface area contributed by atoms with Gasteiger partial charge in [-0.05, 0) is 31.2 Å². The van der Waals surface area contributed by atoms with Crippen molar-refractivity contribution in [3.8, 4) is 6.07 Å². The van der Waals surface area contributed by atoms with Gasteiger partial charge in [0, 0.05) is 30.2 Å². The minimum Gasteiger partial charge on any atom is -0.338 e. The van der Waals surface area contributed by atoms with E-state index in [0.29, 0.717) is 12.0 Å². The van der Waals surface area contributed by atoms with Crippen molar-refractivity contribution in [3.63, 3.8) is 0 Å². The molecule has 0 aliphatic heterocycles. The van der Waals surface area contributed by atoms with E-state index in [9.17, 15) is 4.79 Å². The van der Waals surface area contributed by atoms with E-state index in [-0.39, 0.29) is 11.9 Å². The quantitative estimate of drug-likeness (QED) is 0.844. The van der Waals surface area contributed by atoms with Gasteiger partial charge in [-0.3, -0.25) is 9.78 Å². The fraction of sp³-hybridized carbons (Fsp3) is 0.267. The molecule has 0 spiro atoms. The first-order valence-electron chi connectivity index (χ1n) is 6.12. The first kappa shape index (κ1) is 13.0. The third kappa shape index (κ3) is 2.71. The lowest BCUT2D eigenvalue weighted by Crippen LogP contribution is -2.34. The molecule has 2 aromatic rings. The number of pyridine rings is 1. The Morgan fingerprint density at radius 1 is 1.47 bits per heavy atom. The summed E-state index contributed by atoms with van der Waals surface area (Å²) in [4.78, 5) is 18.1. The molecule has 4 nitrogen and oxygen atoms in total. The van der Waals surface area contributed by atoms with Gasteiger partial charge in [0.25, 0.3) is 5.91 Å². The van der Waals surface area contributed by atoms with Crippen molar-refractivity contribution in [2.45, 2.75) is 19.4 Å². The molecule has 0 bridgehead atoms. The SMILES string of the molecule is CC(CC#N)N(C)C(=O)c1ccc2ncccc2c1. The van der Waals surface area contributed by atoms with Crippen LogP contribution < -0.4 is 0 Å². The van der Waals surface area contributed by atoms with Crippen molar-refractivity contribution in [3.05, 3.63) is 42.1 Å². The standard InChI is InChI=1S/C15H15N3O/c1-11(7-8-16)18(2)15(19)13-5-6-14-12(10-13)4-3-9-17-14/h3-6,9-11H,7H2,1-2H3. The van der Waals surface area contributed by atoms with Crippen LogP contribution in [0.25, 0.3) is 10.9 Å². The van der Waals surface area contributed by atoms with Crippen LogP contribution in [0.15, 0.2) is 36.5 Å². The fourth-order valence-corrected chi connectivity index (χ4v) is 1.88. The number of nitrogens with zero attached hydrogens (tertiary/aromatic N) is 3. The second-order valence-corrected chi connectivity index (χ2v) is 4.54. The second-order valence-electron chi connectivity index (χ2n) is 4.54. The Kier molecular flexibility index (Phi) is 3.76. The van der Waals surface area contributed by atoms with Crippen LogP contribution in [0.4, 0.5) is 0 Å².